The van der Waals surface area contributed by atoms with E-state index in [0.29, 0.717) is 28.7 Å². The van der Waals surface area contributed by atoms with Crippen molar-refractivity contribution >= 4 is 40.6 Å². The van der Waals surface area contributed by atoms with Crippen molar-refractivity contribution in [2.75, 3.05) is 13.1 Å². The van der Waals surface area contributed by atoms with Crippen LogP contribution in [0.5, 0.6) is 5.75 Å². The molecule has 2 atom stereocenters. The minimum absolute atomic E-state index is 0.0510. The van der Waals surface area contributed by atoms with E-state index >= 15 is 0 Å². The number of nitrogens with zero attached hydrogens (tertiary/aromatic N) is 4. The largest absolute Gasteiger partial charge is 0.484 e. The van der Waals surface area contributed by atoms with Crippen LogP contribution in [0.25, 0.3) is 16.2 Å². The fraction of sp³-hybridized carbons (Fsp3) is 0.367. The van der Waals surface area contributed by atoms with Crippen molar-refractivity contribution in [3.63, 3.8) is 0 Å². The Bertz CT molecular complexity index is 1590. The van der Waals surface area contributed by atoms with Crippen molar-refractivity contribution in [3.8, 4) is 16.3 Å². The fourth-order valence-corrected chi connectivity index (χ4v) is 6.77. The molecule has 1 aliphatic heterocycles. The summed E-state index contributed by atoms with van der Waals surface area (Å²) in [7, 11) is 0. The monoisotopic (exact) mass is 595 g/mol. The summed E-state index contributed by atoms with van der Waals surface area (Å²) in [5, 5.41) is 10.4. The normalized spacial score (nSPS) is 16.7. The van der Waals surface area contributed by atoms with Crippen LogP contribution < -0.4 is 10.5 Å². The molecule has 0 spiro atoms. The number of rotatable bonds is 8. The van der Waals surface area contributed by atoms with E-state index in [1.54, 1.807) is 17.2 Å². The molecule has 3 N–H and O–H groups in total. The van der Waals surface area contributed by atoms with E-state index in [0.717, 1.165) is 40.3 Å². The number of carboxylic acid groups (broad SMARTS) is 1. The Kier molecular flexibility index (Phi) is 8.00. The third kappa shape index (κ3) is 6.05. The Balaban J connectivity index is 1.38. The number of benzene rings is 1. The van der Waals surface area contributed by atoms with Crippen LogP contribution in [0.4, 0.5) is 4.79 Å². The molecule has 3 aromatic heterocycles. The Morgan fingerprint density at radius 1 is 1.27 bits per heavy atom. The summed E-state index contributed by atoms with van der Waals surface area (Å²) >= 11 is 7.62. The van der Waals surface area contributed by atoms with E-state index in [1.165, 1.54) is 11.3 Å². The van der Waals surface area contributed by atoms with Crippen molar-refractivity contribution in [2.45, 2.75) is 58.3 Å². The van der Waals surface area contributed by atoms with Gasteiger partial charge in [-0.15, -0.1) is 11.3 Å². The quantitative estimate of drug-likeness (QED) is 0.247. The molecule has 0 unspecified atom stereocenters. The molecule has 0 aliphatic carbocycles. The van der Waals surface area contributed by atoms with Gasteiger partial charge in [0.1, 0.15) is 22.4 Å². The highest BCUT2D eigenvalue weighted by Gasteiger charge is 2.37. The molecular formula is C30H34ClN5O4S. The number of primary amides is 1. The highest BCUT2D eigenvalue weighted by Crippen LogP contribution is 2.39. The number of aromatic nitrogens is 2. The molecule has 1 aliphatic rings. The van der Waals surface area contributed by atoms with Gasteiger partial charge in [0.25, 0.3) is 5.91 Å². The first kappa shape index (κ1) is 28.9. The summed E-state index contributed by atoms with van der Waals surface area (Å²) < 4.78 is 8.19. The van der Waals surface area contributed by atoms with Crippen molar-refractivity contribution in [3.05, 3.63) is 75.9 Å². The number of thiophene rings is 1. The van der Waals surface area contributed by atoms with Gasteiger partial charge in [0.2, 0.25) is 0 Å². The maximum Gasteiger partial charge on any atom is 0.408 e. The van der Waals surface area contributed by atoms with Gasteiger partial charge >= 0.3 is 6.09 Å². The van der Waals surface area contributed by atoms with E-state index in [1.807, 2.05) is 74.7 Å². The SMILES string of the molecule is C[C@@H](Oc1cc(-c2cnc3ccc(CN4CC[C@@H](N(C(=O)O)C(C)(C)C)C4)cn23)sc1C(N)=O)c1ccccc1Cl. The molecule has 216 valence electrons. The number of ether oxygens (including phenoxy) is 1. The number of pyridine rings is 1. The first-order valence-corrected chi connectivity index (χ1v) is 14.7. The van der Waals surface area contributed by atoms with Crippen LogP contribution in [0.3, 0.4) is 0 Å². The highest BCUT2D eigenvalue weighted by atomic mass is 35.5. The number of hydrogen-bond donors (Lipinski definition) is 2. The van der Waals surface area contributed by atoms with E-state index in [2.05, 4.69) is 9.88 Å². The Morgan fingerprint density at radius 2 is 2.02 bits per heavy atom. The molecule has 1 saturated heterocycles. The van der Waals surface area contributed by atoms with Gasteiger partial charge in [-0.1, -0.05) is 35.9 Å². The van der Waals surface area contributed by atoms with Crippen LogP contribution >= 0.6 is 22.9 Å². The first-order chi connectivity index (χ1) is 19.4. The number of hydrogen-bond acceptors (Lipinski definition) is 6. The molecule has 0 radical (unpaired) electrons. The van der Waals surface area contributed by atoms with Gasteiger partial charge < -0.3 is 15.6 Å². The Labute approximate surface area is 248 Å². The van der Waals surface area contributed by atoms with Crippen LogP contribution in [-0.4, -0.2) is 61.0 Å². The molecule has 2 amide bonds. The number of carbonyl (C=O) groups is 2. The average molecular weight is 596 g/mol. The number of fused-ring (bicyclic) bond motifs is 1. The molecule has 11 heteroatoms. The lowest BCUT2D eigenvalue weighted by molar-refractivity contribution is 0.0718. The van der Waals surface area contributed by atoms with Crippen molar-refractivity contribution < 1.29 is 19.4 Å². The molecule has 1 aromatic carbocycles. The van der Waals surface area contributed by atoms with E-state index in [9.17, 15) is 14.7 Å². The summed E-state index contributed by atoms with van der Waals surface area (Å²) in [6.07, 6.45) is 3.34. The second-order valence-corrected chi connectivity index (χ2v) is 12.8. The molecule has 9 nitrogen and oxygen atoms in total. The molecule has 41 heavy (non-hydrogen) atoms. The van der Waals surface area contributed by atoms with Crippen LogP contribution in [0.1, 0.15) is 61.0 Å². The fourth-order valence-electron chi connectivity index (χ4n) is 5.53. The third-order valence-electron chi connectivity index (χ3n) is 7.34. The molecule has 5 rings (SSSR count). The van der Waals surface area contributed by atoms with Crippen LogP contribution in [0, 0.1) is 0 Å². The van der Waals surface area contributed by atoms with Crippen molar-refractivity contribution in [1.29, 1.82) is 0 Å². The summed E-state index contributed by atoms with van der Waals surface area (Å²) in [5.74, 6) is -0.160. The topological polar surface area (TPSA) is 113 Å². The molecule has 1 fully saturated rings. The van der Waals surface area contributed by atoms with Crippen molar-refractivity contribution in [2.24, 2.45) is 5.73 Å². The van der Waals surface area contributed by atoms with E-state index in [-0.39, 0.29) is 6.04 Å². The Hall–Kier alpha value is -3.60. The number of likely N-dealkylation sites (tertiary alicyclic amines) is 1. The molecule has 0 saturated carbocycles. The predicted octanol–water partition coefficient (Wildman–Crippen LogP) is 6.31. The van der Waals surface area contributed by atoms with Crippen LogP contribution in [-0.2, 0) is 6.54 Å². The molecule has 4 heterocycles. The Morgan fingerprint density at radius 3 is 2.71 bits per heavy atom. The summed E-state index contributed by atoms with van der Waals surface area (Å²) in [6, 6.07) is 13.2. The maximum absolute atomic E-state index is 12.3. The second kappa shape index (κ2) is 11.3. The lowest BCUT2D eigenvalue weighted by atomic mass is 10.0. The minimum Gasteiger partial charge on any atom is -0.484 e. The van der Waals surface area contributed by atoms with Crippen LogP contribution in [0.2, 0.25) is 5.02 Å². The maximum atomic E-state index is 12.3. The van der Waals surface area contributed by atoms with Gasteiger partial charge in [0, 0.05) is 54.1 Å². The zero-order chi connectivity index (χ0) is 29.5. The van der Waals surface area contributed by atoms with Gasteiger partial charge in [0.15, 0.2) is 0 Å². The summed E-state index contributed by atoms with van der Waals surface area (Å²) in [6.45, 7) is 9.85. The summed E-state index contributed by atoms with van der Waals surface area (Å²) in [4.78, 5) is 33.8. The third-order valence-corrected chi connectivity index (χ3v) is 8.83. The van der Waals surface area contributed by atoms with Gasteiger partial charge in [-0.05, 0) is 51.8 Å². The zero-order valence-corrected chi connectivity index (χ0v) is 25.1. The van der Waals surface area contributed by atoms with Crippen LogP contribution in [0.15, 0.2) is 54.9 Å². The van der Waals surface area contributed by atoms with Gasteiger partial charge in [0.05, 0.1) is 16.8 Å². The van der Waals surface area contributed by atoms with Crippen molar-refractivity contribution in [1.82, 2.24) is 19.2 Å². The predicted molar refractivity (Wildman–Crippen MR) is 161 cm³/mol. The summed E-state index contributed by atoms with van der Waals surface area (Å²) in [5.41, 5.74) is 8.75. The number of halogens is 1. The van der Waals surface area contributed by atoms with Gasteiger partial charge in [-0.2, -0.15) is 0 Å². The van der Waals surface area contributed by atoms with E-state index < -0.39 is 23.6 Å². The number of carbonyl (C=O) groups excluding carboxylic acids is 1. The average Bonchev–Trinajstić information content (AvgIpc) is 3.62. The number of amides is 2. The number of nitrogens with two attached hydrogens (primary N) is 1. The second-order valence-electron chi connectivity index (χ2n) is 11.4. The van der Waals surface area contributed by atoms with E-state index in [4.69, 9.17) is 22.1 Å². The van der Waals surface area contributed by atoms with Gasteiger partial charge in [-0.25, -0.2) is 9.78 Å². The molecule has 4 aromatic rings. The smallest absolute Gasteiger partial charge is 0.408 e. The lowest BCUT2D eigenvalue weighted by Crippen LogP contribution is -2.52. The number of imidazole rings is 1. The van der Waals surface area contributed by atoms with Gasteiger partial charge in [-0.3, -0.25) is 19.0 Å². The highest BCUT2D eigenvalue weighted by molar-refractivity contribution is 7.17. The first-order valence-electron chi connectivity index (χ1n) is 13.5. The molecular weight excluding hydrogens is 562 g/mol. The minimum atomic E-state index is -0.885. The molecule has 0 bridgehead atoms. The lowest BCUT2D eigenvalue weighted by Gasteiger charge is -2.38. The zero-order valence-electron chi connectivity index (χ0n) is 23.5. The standard InChI is InChI=1S/C30H34ClN5O4S/c1-18(21-7-5-6-8-22(21)31)40-24-13-25(41-27(24)28(32)37)23-14-33-26-10-9-19(16-35(23)26)15-34-12-11-20(17-34)36(29(38)39)30(2,3)4/h5-10,13-14,16,18,20H,11-12,15,17H2,1-4H3,(H2,32,37)(H,38,39)/t18-,20-/m1/s1.